The van der Waals surface area contributed by atoms with Crippen LogP contribution >= 0.6 is 0 Å². The molecule has 0 aromatic rings. The molecule has 2 fully saturated rings. The highest BCUT2D eigenvalue weighted by Crippen LogP contribution is 2.23. The lowest BCUT2D eigenvalue weighted by atomic mass is 10.0. The fourth-order valence-electron chi connectivity index (χ4n) is 2.38. The molecule has 0 radical (unpaired) electrons. The van der Waals surface area contributed by atoms with Crippen LogP contribution in [0.3, 0.4) is 0 Å². The summed E-state index contributed by atoms with van der Waals surface area (Å²) in [5.74, 6) is -0.0252. The molecule has 2 aliphatic heterocycles. The van der Waals surface area contributed by atoms with Crippen LogP contribution in [-0.4, -0.2) is 36.1 Å². The molecular weight excluding hydrogens is 166 g/mol. The summed E-state index contributed by atoms with van der Waals surface area (Å²) < 4.78 is 4.99. The molecule has 0 aliphatic carbocycles. The maximum atomic E-state index is 11.0. The van der Waals surface area contributed by atoms with Crippen LogP contribution in [0.5, 0.6) is 0 Å². The number of carbonyl (C=O) groups excluding carboxylic acids is 1. The van der Waals surface area contributed by atoms with Crippen molar-refractivity contribution in [3.63, 3.8) is 0 Å². The molecule has 3 nitrogen and oxygen atoms in total. The molecule has 0 bridgehead atoms. The smallest absolute Gasteiger partial charge is 0.307 e. The third-order valence-electron chi connectivity index (χ3n) is 3.16. The van der Waals surface area contributed by atoms with E-state index in [9.17, 15) is 4.79 Å². The van der Waals surface area contributed by atoms with Gasteiger partial charge in [0.2, 0.25) is 0 Å². The zero-order valence-corrected chi connectivity index (χ0v) is 8.16. The van der Waals surface area contributed by atoms with Crippen LogP contribution in [0.2, 0.25) is 0 Å². The topological polar surface area (TPSA) is 29.5 Å². The van der Waals surface area contributed by atoms with E-state index in [1.807, 2.05) is 0 Å². The molecule has 2 atom stereocenters. The van der Waals surface area contributed by atoms with Gasteiger partial charge in [-0.25, -0.2) is 0 Å². The Labute approximate surface area is 79.0 Å². The lowest BCUT2D eigenvalue weighted by molar-refractivity contribution is -0.137. The van der Waals surface area contributed by atoms with Gasteiger partial charge in [-0.1, -0.05) is 6.42 Å². The Kier molecular flexibility index (Phi) is 2.54. The minimum Gasteiger partial charge on any atom is -0.464 e. The van der Waals surface area contributed by atoms with Crippen molar-refractivity contribution in [2.45, 2.75) is 44.7 Å². The van der Waals surface area contributed by atoms with Crippen molar-refractivity contribution in [1.29, 1.82) is 0 Å². The molecule has 3 heteroatoms. The van der Waals surface area contributed by atoms with Gasteiger partial charge in [0.05, 0.1) is 12.5 Å². The second kappa shape index (κ2) is 3.66. The molecule has 2 aliphatic rings. The average molecular weight is 183 g/mol. The molecule has 0 aromatic carbocycles. The largest absolute Gasteiger partial charge is 0.464 e. The Morgan fingerprint density at radius 2 is 2.31 bits per heavy atom. The van der Waals surface area contributed by atoms with E-state index in [1.54, 1.807) is 0 Å². The second-order valence-electron chi connectivity index (χ2n) is 4.12. The van der Waals surface area contributed by atoms with Crippen molar-refractivity contribution >= 4 is 5.97 Å². The van der Waals surface area contributed by atoms with Crippen LogP contribution in [-0.2, 0) is 9.53 Å². The maximum Gasteiger partial charge on any atom is 0.307 e. The van der Waals surface area contributed by atoms with Gasteiger partial charge in [-0.2, -0.15) is 0 Å². The summed E-state index contributed by atoms with van der Waals surface area (Å²) in [6.07, 6.45) is 4.48. The molecule has 2 unspecified atom stereocenters. The fraction of sp³-hybridized carbons (Fsp3) is 0.900. The number of likely N-dealkylation sites (tertiary alicyclic amines) is 1. The van der Waals surface area contributed by atoms with Gasteiger partial charge in [-0.05, 0) is 26.3 Å². The number of esters is 1. The van der Waals surface area contributed by atoms with Gasteiger partial charge in [-0.15, -0.1) is 0 Å². The molecule has 74 valence electrons. The Balaban J connectivity index is 1.94. The number of nitrogens with zero attached hydrogens (tertiary/aromatic N) is 1. The highest BCUT2D eigenvalue weighted by atomic mass is 16.5. The number of carbonyl (C=O) groups is 1. The first-order valence-corrected chi connectivity index (χ1v) is 5.19. The van der Waals surface area contributed by atoms with Crippen molar-refractivity contribution in [2.75, 3.05) is 13.2 Å². The van der Waals surface area contributed by atoms with E-state index in [0.29, 0.717) is 25.1 Å². The van der Waals surface area contributed by atoms with Gasteiger partial charge in [0.15, 0.2) is 0 Å². The summed E-state index contributed by atoms with van der Waals surface area (Å²) in [6, 6.07) is 0.996. The highest BCUT2D eigenvalue weighted by Gasteiger charge is 2.32. The van der Waals surface area contributed by atoms with E-state index in [4.69, 9.17) is 4.74 Å². The van der Waals surface area contributed by atoms with Crippen LogP contribution in [0.15, 0.2) is 0 Å². The SMILES string of the molecule is CC1CCCCN1C1COC(=O)C1. The Morgan fingerprint density at radius 1 is 1.46 bits per heavy atom. The fourth-order valence-corrected chi connectivity index (χ4v) is 2.38. The molecular formula is C10H17NO2. The predicted octanol–water partition coefficient (Wildman–Crippen LogP) is 1.18. The summed E-state index contributed by atoms with van der Waals surface area (Å²) >= 11 is 0. The van der Waals surface area contributed by atoms with Crippen molar-refractivity contribution in [1.82, 2.24) is 4.90 Å². The Bertz CT molecular complexity index is 205. The van der Waals surface area contributed by atoms with Crippen molar-refractivity contribution < 1.29 is 9.53 Å². The van der Waals surface area contributed by atoms with E-state index in [-0.39, 0.29) is 5.97 Å². The minimum absolute atomic E-state index is 0.0252. The van der Waals surface area contributed by atoms with Crippen LogP contribution in [0, 0.1) is 0 Å². The van der Waals surface area contributed by atoms with Crippen LogP contribution in [0.4, 0.5) is 0 Å². The van der Waals surface area contributed by atoms with E-state index in [0.717, 1.165) is 6.54 Å². The number of hydrogen-bond acceptors (Lipinski definition) is 3. The maximum absolute atomic E-state index is 11.0. The third-order valence-corrected chi connectivity index (χ3v) is 3.16. The molecule has 0 spiro atoms. The Morgan fingerprint density at radius 3 is 2.92 bits per heavy atom. The summed E-state index contributed by atoms with van der Waals surface area (Å²) in [5.41, 5.74) is 0. The van der Waals surface area contributed by atoms with E-state index in [1.165, 1.54) is 19.3 Å². The second-order valence-corrected chi connectivity index (χ2v) is 4.12. The van der Waals surface area contributed by atoms with Gasteiger partial charge in [-0.3, -0.25) is 9.69 Å². The lowest BCUT2D eigenvalue weighted by Gasteiger charge is -2.36. The van der Waals surface area contributed by atoms with Gasteiger partial charge in [0, 0.05) is 6.04 Å². The molecule has 0 aromatic heterocycles. The van der Waals surface area contributed by atoms with E-state index >= 15 is 0 Å². The number of cyclic esters (lactones) is 1. The van der Waals surface area contributed by atoms with E-state index < -0.39 is 0 Å². The molecule has 2 heterocycles. The monoisotopic (exact) mass is 183 g/mol. The van der Waals surface area contributed by atoms with Gasteiger partial charge in [0.25, 0.3) is 0 Å². The van der Waals surface area contributed by atoms with Crippen molar-refractivity contribution in [3.8, 4) is 0 Å². The molecule has 2 rings (SSSR count). The quantitative estimate of drug-likeness (QED) is 0.572. The number of piperidine rings is 1. The van der Waals surface area contributed by atoms with Crippen LogP contribution in [0.25, 0.3) is 0 Å². The van der Waals surface area contributed by atoms with Crippen molar-refractivity contribution in [2.24, 2.45) is 0 Å². The minimum atomic E-state index is -0.0252. The van der Waals surface area contributed by atoms with Crippen LogP contribution < -0.4 is 0 Å². The number of rotatable bonds is 1. The molecule has 2 saturated heterocycles. The highest BCUT2D eigenvalue weighted by molar-refractivity contribution is 5.72. The number of hydrogen-bond donors (Lipinski definition) is 0. The van der Waals surface area contributed by atoms with Gasteiger partial charge < -0.3 is 4.74 Å². The average Bonchev–Trinajstić information content (AvgIpc) is 2.53. The normalized spacial score (nSPS) is 36.2. The summed E-state index contributed by atoms with van der Waals surface area (Å²) in [7, 11) is 0. The first-order valence-electron chi connectivity index (χ1n) is 5.19. The summed E-state index contributed by atoms with van der Waals surface area (Å²) in [5, 5.41) is 0. The van der Waals surface area contributed by atoms with Gasteiger partial charge >= 0.3 is 5.97 Å². The third kappa shape index (κ3) is 1.85. The molecule has 0 N–H and O–H groups in total. The number of ether oxygens (including phenoxy) is 1. The molecule has 0 amide bonds. The standard InChI is InChI=1S/C10H17NO2/c1-8-4-2-3-5-11(8)9-6-10(12)13-7-9/h8-9H,2-7H2,1H3. The first kappa shape index (κ1) is 9.00. The van der Waals surface area contributed by atoms with Crippen LogP contribution in [0.1, 0.15) is 32.6 Å². The lowest BCUT2D eigenvalue weighted by Crippen LogP contribution is -2.45. The van der Waals surface area contributed by atoms with Gasteiger partial charge in [0.1, 0.15) is 6.61 Å². The zero-order chi connectivity index (χ0) is 9.26. The predicted molar refractivity (Wildman–Crippen MR) is 49.4 cm³/mol. The zero-order valence-electron chi connectivity index (χ0n) is 8.16. The first-order chi connectivity index (χ1) is 6.27. The van der Waals surface area contributed by atoms with E-state index in [2.05, 4.69) is 11.8 Å². The summed E-state index contributed by atoms with van der Waals surface area (Å²) in [6.45, 7) is 4.01. The summed E-state index contributed by atoms with van der Waals surface area (Å²) in [4.78, 5) is 13.4. The van der Waals surface area contributed by atoms with Crippen molar-refractivity contribution in [3.05, 3.63) is 0 Å². The Hall–Kier alpha value is -0.570. The molecule has 0 saturated carbocycles. The molecule has 13 heavy (non-hydrogen) atoms.